The largest absolute Gasteiger partial charge is 0.493 e. The van der Waals surface area contributed by atoms with Gasteiger partial charge in [-0.25, -0.2) is 9.79 Å². The second-order valence-corrected chi connectivity index (χ2v) is 13.6. The van der Waals surface area contributed by atoms with E-state index in [1.807, 2.05) is 32.7 Å². The molecule has 0 spiro atoms. The minimum Gasteiger partial charge on any atom is -0.493 e. The number of aliphatic imine (C=N–C) groups is 1. The lowest BCUT2D eigenvalue weighted by atomic mass is 9.85. The summed E-state index contributed by atoms with van der Waals surface area (Å²) in [6, 6.07) is 9.09. The molecular weight excluding hydrogens is 558 g/mol. The number of ether oxygens (including phenoxy) is 2. The Bertz CT molecular complexity index is 1170. The molecule has 1 aliphatic carbocycles. The maximum absolute atomic E-state index is 11.8. The van der Waals surface area contributed by atoms with Crippen LogP contribution in [0.2, 0.25) is 0 Å². The predicted molar refractivity (Wildman–Crippen MR) is 175 cm³/mol. The average molecular weight is 612 g/mol. The number of likely N-dealkylation sites (tertiary alicyclic amines) is 1. The van der Waals surface area contributed by atoms with Crippen LogP contribution in [0.15, 0.2) is 40.5 Å². The molecule has 10 nitrogen and oxygen atoms in total. The Labute approximate surface area is 263 Å². The lowest BCUT2D eigenvalue weighted by Gasteiger charge is -2.33. The van der Waals surface area contributed by atoms with E-state index in [1.165, 1.54) is 11.1 Å². The summed E-state index contributed by atoms with van der Waals surface area (Å²) in [5.74, 6) is 1.96. The number of oxime groups is 1. The van der Waals surface area contributed by atoms with Crippen molar-refractivity contribution in [1.82, 2.24) is 15.1 Å². The van der Waals surface area contributed by atoms with Crippen LogP contribution < -0.4 is 10.1 Å². The van der Waals surface area contributed by atoms with Gasteiger partial charge in [0.05, 0.1) is 18.9 Å². The van der Waals surface area contributed by atoms with Crippen LogP contribution in [0, 0.1) is 17.8 Å². The van der Waals surface area contributed by atoms with Crippen LogP contribution >= 0.6 is 0 Å². The molecule has 1 aromatic carbocycles. The summed E-state index contributed by atoms with van der Waals surface area (Å²) in [6.07, 6.45) is 6.91. The third-order valence-corrected chi connectivity index (χ3v) is 8.56. The standard InChI is InChI=1S/C34H53N5O5/c1-24(2)30-22-36-32(44-37-30)39-20-16-25(17-21-39)23-42-29-14-12-27(13-15-29)26-8-10-28(11-9-26)31(40)38(6)19-7-18-35-33(41)43-34(3,4)5/h8,12-15,24-25,28,31,40H,7,9-11,16-23H2,1-6H3,(H,35,41). The van der Waals surface area contributed by atoms with Gasteiger partial charge in [0.2, 0.25) is 0 Å². The van der Waals surface area contributed by atoms with Gasteiger partial charge in [0.25, 0.3) is 0 Å². The zero-order valence-corrected chi connectivity index (χ0v) is 27.6. The summed E-state index contributed by atoms with van der Waals surface area (Å²) in [7, 11) is 1.94. The van der Waals surface area contributed by atoms with Crippen LogP contribution in [0.3, 0.4) is 0 Å². The third-order valence-electron chi connectivity index (χ3n) is 8.56. The normalized spacial score (nSPS) is 20.4. The zero-order chi connectivity index (χ0) is 31.7. The first-order chi connectivity index (χ1) is 21.0. The molecule has 3 aliphatic rings. The molecular formula is C34H53N5O5. The van der Waals surface area contributed by atoms with Gasteiger partial charge < -0.3 is 29.6 Å². The molecule has 0 radical (unpaired) electrons. The summed E-state index contributed by atoms with van der Waals surface area (Å²) >= 11 is 0. The van der Waals surface area contributed by atoms with E-state index in [9.17, 15) is 9.90 Å². The number of carbonyl (C=O) groups excluding carboxylic acids is 1. The van der Waals surface area contributed by atoms with E-state index in [1.54, 1.807) is 0 Å². The van der Waals surface area contributed by atoms with Gasteiger partial charge in [0, 0.05) is 32.1 Å². The molecule has 2 atom stereocenters. The summed E-state index contributed by atoms with van der Waals surface area (Å²) < 4.78 is 11.4. The van der Waals surface area contributed by atoms with Crippen molar-refractivity contribution in [2.45, 2.75) is 85.0 Å². The number of piperidine rings is 1. The van der Waals surface area contributed by atoms with E-state index >= 15 is 0 Å². The Morgan fingerprint density at radius 2 is 1.91 bits per heavy atom. The average Bonchev–Trinajstić information content (AvgIpc) is 3.01. The smallest absolute Gasteiger partial charge is 0.407 e. The number of nitrogens with one attached hydrogen (secondary N) is 1. The van der Waals surface area contributed by atoms with Crippen molar-refractivity contribution in [3.8, 4) is 5.75 Å². The van der Waals surface area contributed by atoms with Crippen LogP contribution in [-0.2, 0) is 9.57 Å². The highest BCUT2D eigenvalue weighted by Crippen LogP contribution is 2.33. The number of hydrogen-bond acceptors (Lipinski definition) is 9. The van der Waals surface area contributed by atoms with Crippen LogP contribution in [0.4, 0.5) is 4.79 Å². The van der Waals surface area contributed by atoms with Crippen LogP contribution in [0.1, 0.15) is 78.7 Å². The lowest BCUT2D eigenvalue weighted by Crippen LogP contribution is -2.41. The van der Waals surface area contributed by atoms with E-state index in [0.717, 1.165) is 63.1 Å². The summed E-state index contributed by atoms with van der Waals surface area (Å²) in [6.45, 7) is 14.1. The first kappa shape index (κ1) is 33.8. The van der Waals surface area contributed by atoms with Crippen molar-refractivity contribution in [3.63, 3.8) is 0 Å². The number of amidine groups is 1. The third kappa shape index (κ3) is 10.2. The molecule has 2 N–H and O–H groups in total. The van der Waals surface area contributed by atoms with Crippen LogP contribution in [0.25, 0.3) is 5.57 Å². The molecule has 1 aromatic rings. The van der Waals surface area contributed by atoms with Crippen molar-refractivity contribution in [3.05, 3.63) is 35.9 Å². The molecule has 0 aromatic heterocycles. The fourth-order valence-corrected chi connectivity index (χ4v) is 5.73. The quantitative estimate of drug-likeness (QED) is 0.250. The second kappa shape index (κ2) is 15.8. The number of aliphatic hydroxyl groups excluding tert-OH is 1. The van der Waals surface area contributed by atoms with E-state index in [-0.39, 0.29) is 5.92 Å². The monoisotopic (exact) mass is 611 g/mol. The molecule has 2 heterocycles. The van der Waals surface area contributed by atoms with Crippen molar-refractivity contribution in [2.75, 3.05) is 46.4 Å². The Morgan fingerprint density at radius 3 is 2.50 bits per heavy atom. The van der Waals surface area contributed by atoms with Crippen molar-refractivity contribution >= 4 is 23.4 Å². The molecule has 10 heteroatoms. The van der Waals surface area contributed by atoms with Crippen molar-refractivity contribution in [1.29, 1.82) is 0 Å². The molecule has 2 aliphatic heterocycles. The van der Waals surface area contributed by atoms with Gasteiger partial charge in [-0.1, -0.05) is 37.2 Å². The number of nitrogens with zero attached hydrogens (tertiary/aromatic N) is 4. The number of allylic oxidation sites excluding steroid dienone is 2. The topological polar surface area (TPSA) is 108 Å². The molecule has 244 valence electrons. The maximum atomic E-state index is 11.8. The number of benzene rings is 1. The number of amides is 1. The highest BCUT2D eigenvalue weighted by atomic mass is 16.7. The van der Waals surface area contributed by atoms with Crippen LogP contribution in [0.5, 0.6) is 5.75 Å². The molecule has 1 fully saturated rings. The summed E-state index contributed by atoms with van der Waals surface area (Å²) in [5.41, 5.74) is 3.04. The van der Waals surface area contributed by atoms with Gasteiger partial charge >= 0.3 is 12.1 Å². The molecule has 0 saturated carbocycles. The molecule has 1 amide bonds. The number of hydrogen-bond donors (Lipinski definition) is 2. The Balaban J connectivity index is 1.13. The Kier molecular flexibility index (Phi) is 12.1. The van der Waals surface area contributed by atoms with Crippen LogP contribution in [-0.4, -0.2) is 90.9 Å². The molecule has 0 bridgehead atoms. The lowest BCUT2D eigenvalue weighted by molar-refractivity contribution is -0.0276. The van der Waals surface area contributed by atoms with E-state index in [2.05, 4.69) is 64.6 Å². The molecule has 1 saturated heterocycles. The minimum absolute atomic E-state index is 0.193. The van der Waals surface area contributed by atoms with Gasteiger partial charge in [-0.05, 0) is 101 Å². The molecule has 2 unspecified atom stereocenters. The summed E-state index contributed by atoms with van der Waals surface area (Å²) in [4.78, 5) is 26.1. The van der Waals surface area contributed by atoms with Gasteiger partial charge in [-0.15, -0.1) is 0 Å². The van der Waals surface area contributed by atoms with E-state index in [0.29, 0.717) is 44.1 Å². The van der Waals surface area contributed by atoms with Crippen molar-refractivity contribution < 1.29 is 24.2 Å². The van der Waals surface area contributed by atoms with Gasteiger partial charge in [-0.3, -0.25) is 4.90 Å². The number of carbonyl (C=O) groups is 1. The fourth-order valence-electron chi connectivity index (χ4n) is 5.73. The summed E-state index contributed by atoms with van der Waals surface area (Å²) in [5, 5.41) is 18.0. The number of rotatable bonds is 11. The highest BCUT2D eigenvalue weighted by molar-refractivity contribution is 5.92. The minimum atomic E-state index is -0.508. The second-order valence-electron chi connectivity index (χ2n) is 13.6. The van der Waals surface area contributed by atoms with E-state index in [4.69, 9.17) is 14.3 Å². The maximum Gasteiger partial charge on any atom is 0.407 e. The number of alkyl carbamates (subject to hydrolysis) is 1. The van der Waals surface area contributed by atoms with Gasteiger partial charge in [0.15, 0.2) is 0 Å². The zero-order valence-electron chi connectivity index (χ0n) is 27.6. The Morgan fingerprint density at radius 1 is 1.18 bits per heavy atom. The first-order valence-corrected chi connectivity index (χ1v) is 16.3. The number of aliphatic hydroxyl groups is 1. The molecule has 44 heavy (non-hydrogen) atoms. The highest BCUT2D eigenvalue weighted by Gasteiger charge is 2.27. The van der Waals surface area contributed by atoms with Gasteiger partial charge in [-0.2, -0.15) is 0 Å². The predicted octanol–water partition coefficient (Wildman–Crippen LogP) is 5.52. The Hall–Kier alpha value is -3.11. The fraction of sp³-hybridized carbons (Fsp3) is 0.676. The van der Waals surface area contributed by atoms with Crippen molar-refractivity contribution in [2.24, 2.45) is 27.9 Å². The van der Waals surface area contributed by atoms with E-state index < -0.39 is 17.9 Å². The SMILES string of the molecule is CC(C)C1=NOC(N2CCC(COc3ccc(C4=CCC(C(O)N(C)CCCNC(=O)OC(C)(C)C)CC4)cc3)CC2)=NC1. The molecule has 4 rings (SSSR count). The van der Waals surface area contributed by atoms with Gasteiger partial charge in [0.1, 0.15) is 17.6 Å². The first-order valence-electron chi connectivity index (χ1n) is 16.3.